The van der Waals surface area contributed by atoms with Crippen LogP contribution in [0.5, 0.6) is 0 Å². The molecule has 1 aromatic heterocycles. The largest absolute Gasteiger partial charge is 0.334 e. The van der Waals surface area contributed by atoms with Gasteiger partial charge < -0.3 is 4.57 Å². The monoisotopic (exact) mass is 375 g/mol. The number of hydrogen-bond donors (Lipinski definition) is 0. The average Bonchev–Trinajstić information content (AvgIpc) is 3.03. The smallest absolute Gasteiger partial charge is 0.243 e. The Morgan fingerprint density at radius 3 is 2.50 bits per heavy atom. The number of rotatable bonds is 5. The van der Waals surface area contributed by atoms with Crippen molar-refractivity contribution in [1.29, 1.82) is 0 Å². The van der Waals surface area contributed by atoms with Crippen molar-refractivity contribution >= 4 is 10.0 Å². The highest BCUT2D eigenvalue weighted by molar-refractivity contribution is 7.89. The van der Waals surface area contributed by atoms with Gasteiger partial charge in [-0.2, -0.15) is 4.31 Å². The molecule has 0 unspecified atom stereocenters. The Bertz CT molecular complexity index is 863. The summed E-state index contributed by atoms with van der Waals surface area (Å²) in [5.74, 6) is 2.00. The molecule has 5 nitrogen and oxygen atoms in total. The predicted molar refractivity (Wildman–Crippen MR) is 104 cm³/mol. The van der Waals surface area contributed by atoms with E-state index in [0.29, 0.717) is 29.8 Å². The molecule has 1 aliphatic rings. The second kappa shape index (κ2) is 7.53. The second-order valence-corrected chi connectivity index (χ2v) is 9.62. The minimum Gasteiger partial charge on any atom is -0.334 e. The molecule has 2 aromatic rings. The van der Waals surface area contributed by atoms with E-state index in [9.17, 15) is 8.42 Å². The molecular weight excluding hydrogens is 346 g/mol. The Kier molecular flexibility index (Phi) is 5.53. The van der Waals surface area contributed by atoms with Crippen LogP contribution in [0.1, 0.15) is 49.6 Å². The standard InChI is InChI=1S/C20H29N3O2S/c1-15(2)20-21-9-12-22(20)14-18-7-10-23(11-8-18)26(24,25)19-6-5-16(3)13-17(19)4/h5-6,9,12-13,15,18H,7-8,10-11,14H2,1-4H3. The summed E-state index contributed by atoms with van der Waals surface area (Å²) in [6.45, 7) is 10.3. The quantitative estimate of drug-likeness (QED) is 0.800. The SMILES string of the molecule is Cc1ccc(S(=O)(=O)N2CCC(Cn3ccnc3C(C)C)CC2)c(C)c1. The Balaban J connectivity index is 1.67. The molecule has 1 aromatic carbocycles. The fourth-order valence-corrected chi connectivity index (χ4v) is 5.49. The number of aryl methyl sites for hydroxylation is 2. The van der Waals surface area contributed by atoms with Gasteiger partial charge in [0.15, 0.2) is 0 Å². The molecule has 1 fully saturated rings. The third kappa shape index (κ3) is 3.86. The van der Waals surface area contributed by atoms with Crippen LogP contribution in [0.25, 0.3) is 0 Å². The number of benzene rings is 1. The average molecular weight is 376 g/mol. The molecule has 1 aliphatic heterocycles. The maximum Gasteiger partial charge on any atom is 0.243 e. The zero-order valence-electron chi connectivity index (χ0n) is 16.1. The zero-order valence-corrected chi connectivity index (χ0v) is 17.0. The van der Waals surface area contributed by atoms with E-state index in [0.717, 1.165) is 36.3 Å². The lowest BCUT2D eigenvalue weighted by molar-refractivity contribution is 0.251. The number of aromatic nitrogens is 2. The zero-order chi connectivity index (χ0) is 18.9. The predicted octanol–water partition coefficient (Wildman–Crippen LogP) is 3.72. The summed E-state index contributed by atoms with van der Waals surface area (Å²) in [4.78, 5) is 4.89. The van der Waals surface area contributed by atoms with Gasteiger partial charge in [-0.05, 0) is 44.2 Å². The van der Waals surface area contributed by atoms with Gasteiger partial charge in [-0.3, -0.25) is 0 Å². The van der Waals surface area contributed by atoms with Gasteiger partial charge in [-0.1, -0.05) is 31.5 Å². The van der Waals surface area contributed by atoms with Gasteiger partial charge in [-0.25, -0.2) is 13.4 Å². The van der Waals surface area contributed by atoms with E-state index in [1.54, 1.807) is 10.4 Å². The fourth-order valence-electron chi connectivity index (χ4n) is 3.81. The van der Waals surface area contributed by atoms with E-state index in [1.807, 2.05) is 38.4 Å². The summed E-state index contributed by atoms with van der Waals surface area (Å²) >= 11 is 0. The first-order valence-corrected chi connectivity index (χ1v) is 10.8. The summed E-state index contributed by atoms with van der Waals surface area (Å²) in [6, 6.07) is 5.55. The van der Waals surface area contributed by atoms with Crippen LogP contribution in [-0.4, -0.2) is 35.4 Å². The van der Waals surface area contributed by atoms with Crippen molar-refractivity contribution in [3.8, 4) is 0 Å². The highest BCUT2D eigenvalue weighted by Gasteiger charge is 2.30. The van der Waals surface area contributed by atoms with Crippen LogP contribution in [0.2, 0.25) is 0 Å². The highest BCUT2D eigenvalue weighted by Crippen LogP contribution is 2.27. The van der Waals surface area contributed by atoms with Crippen LogP contribution in [0.4, 0.5) is 0 Å². The molecule has 0 spiro atoms. The lowest BCUT2D eigenvalue weighted by Gasteiger charge is -2.32. The molecule has 0 radical (unpaired) electrons. The maximum absolute atomic E-state index is 13.0. The molecule has 0 aliphatic carbocycles. The van der Waals surface area contributed by atoms with Gasteiger partial charge >= 0.3 is 0 Å². The summed E-state index contributed by atoms with van der Waals surface area (Å²) in [6.07, 6.45) is 5.67. The van der Waals surface area contributed by atoms with Gasteiger partial charge in [0.2, 0.25) is 10.0 Å². The first kappa shape index (κ1) is 19.1. The molecule has 2 heterocycles. The van der Waals surface area contributed by atoms with Crippen LogP contribution in [0.15, 0.2) is 35.5 Å². The fraction of sp³-hybridized carbons (Fsp3) is 0.550. The van der Waals surface area contributed by atoms with Gasteiger partial charge in [0.1, 0.15) is 5.82 Å². The van der Waals surface area contributed by atoms with Gasteiger partial charge in [-0.15, -0.1) is 0 Å². The number of imidazole rings is 1. The van der Waals surface area contributed by atoms with E-state index in [-0.39, 0.29) is 0 Å². The molecule has 0 N–H and O–H groups in total. The van der Waals surface area contributed by atoms with Crippen molar-refractivity contribution in [1.82, 2.24) is 13.9 Å². The number of nitrogens with zero attached hydrogens (tertiary/aromatic N) is 3. The third-order valence-electron chi connectivity index (χ3n) is 5.24. The molecule has 1 saturated heterocycles. The lowest BCUT2D eigenvalue weighted by Crippen LogP contribution is -2.39. The molecule has 6 heteroatoms. The normalized spacial score (nSPS) is 17.1. The van der Waals surface area contributed by atoms with E-state index >= 15 is 0 Å². The first-order valence-electron chi connectivity index (χ1n) is 9.37. The topological polar surface area (TPSA) is 55.2 Å². The molecule has 3 rings (SSSR count). The van der Waals surface area contributed by atoms with E-state index in [4.69, 9.17) is 0 Å². The number of sulfonamides is 1. The van der Waals surface area contributed by atoms with Gasteiger partial charge in [0, 0.05) is 37.9 Å². The van der Waals surface area contributed by atoms with Crippen LogP contribution < -0.4 is 0 Å². The summed E-state index contributed by atoms with van der Waals surface area (Å²) in [5, 5.41) is 0. The third-order valence-corrected chi connectivity index (χ3v) is 7.30. The lowest BCUT2D eigenvalue weighted by atomic mass is 9.98. The van der Waals surface area contributed by atoms with Gasteiger partial charge in [0.25, 0.3) is 0 Å². The Morgan fingerprint density at radius 2 is 1.88 bits per heavy atom. The molecule has 0 atom stereocenters. The Morgan fingerprint density at radius 1 is 1.19 bits per heavy atom. The van der Waals surface area contributed by atoms with Crippen molar-refractivity contribution in [3.63, 3.8) is 0 Å². The van der Waals surface area contributed by atoms with Crippen molar-refractivity contribution in [2.45, 2.75) is 57.9 Å². The van der Waals surface area contributed by atoms with E-state index in [1.165, 1.54) is 0 Å². The molecule has 142 valence electrons. The van der Waals surface area contributed by atoms with Crippen LogP contribution in [-0.2, 0) is 16.6 Å². The molecule has 0 bridgehead atoms. The van der Waals surface area contributed by atoms with Gasteiger partial charge in [0.05, 0.1) is 4.90 Å². The summed E-state index contributed by atoms with van der Waals surface area (Å²) in [5.41, 5.74) is 1.91. The maximum atomic E-state index is 13.0. The van der Waals surface area contributed by atoms with Crippen molar-refractivity contribution in [2.24, 2.45) is 5.92 Å². The van der Waals surface area contributed by atoms with Crippen LogP contribution in [0, 0.1) is 19.8 Å². The van der Waals surface area contributed by atoms with Crippen LogP contribution >= 0.6 is 0 Å². The molecular formula is C20H29N3O2S. The van der Waals surface area contributed by atoms with Crippen LogP contribution in [0.3, 0.4) is 0 Å². The van der Waals surface area contributed by atoms with Crippen molar-refractivity contribution in [3.05, 3.63) is 47.5 Å². The second-order valence-electron chi connectivity index (χ2n) is 7.71. The van der Waals surface area contributed by atoms with Crippen molar-refractivity contribution in [2.75, 3.05) is 13.1 Å². The Labute approximate surface area is 157 Å². The summed E-state index contributed by atoms with van der Waals surface area (Å²) in [7, 11) is -3.40. The van der Waals surface area contributed by atoms with Crippen molar-refractivity contribution < 1.29 is 8.42 Å². The Hall–Kier alpha value is -1.66. The minimum atomic E-state index is -3.40. The minimum absolute atomic E-state index is 0.398. The summed E-state index contributed by atoms with van der Waals surface area (Å²) < 4.78 is 29.9. The molecule has 0 saturated carbocycles. The first-order chi connectivity index (χ1) is 12.3. The van der Waals surface area contributed by atoms with E-state index < -0.39 is 10.0 Å². The molecule has 0 amide bonds. The molecule has 26 heavy (non-hydrogen) atoms. The number of piperidine rings is 1. The highest BCUT2D eigenvalue weighted by atomic mass is 32.2. The van der Waals surface area contributed by atoms with E-state index in [2.05, 4.69) is 23.4 Å². The number of hydrogen-bond acceptors (Lipinski definition) is 3.